The molecule has 1 unspecified atom stereocenters. The van der Waals surface area contributed by atoms with Crippen molar-refractivity contribution in [2.45, 2.75) is 64.1 Å². The Hall–Kier alpha value is -0.0800. The molecule has 1 aliphatic rings. The summed E-state index contributed by atoms with van der Waals surface area (Å²) in [6.07, 6.45) is 6.17. The van der Waals surface area contributed by atoms with Crippen molar-refractivity contribution in [2.75, 3.05) is 6.61 Å². The lowest BCUT2D eigenvalue weighted by molar-refractivity contribution is -0.118. The smallest absolute Gasteiger partial charge is 0.0939 e. The monoisotopic (exact) mass is 186 g/mol. The molecule has 1 aliphatic carbocycles. The van der Waals surface area contributed by atoms with Crippen LogP contribution in [0.3, 0.4) is 0 Å². The summed E-state index contributed by atoms with van der Waals surface area (Å²) in [6.45, 7) is 4.84. The minimum atomic E-state index is -0.250. The predicted molar refractivity (Wildman–Crippen MR) is 53.7 cm³/mol. The van der Waals surface area contributed by atoms with Crippen LogP contribution in [0.4, 0.5) is 0 Å². The van der Waals surface area contributed by atoms with Crippen molar-refractivity contribution in [1.29, 1.82) is 0 Å². The topological polar surface area (TPSA) is 29.5 Å². The van der Waals surface area contributed by atoms with E-state index in [1.807, 2.05) is 6.92 Å². The molecule has 0 heterocycles. The molecule has 1 atom stereocenters. The van der Waals surface area contributed by atoms with Crippen molar-refractivity contribution in [2.24, 2.45) is 0 Å². The molecule has 0 aliphatic heterocycles. The van der Waals surface area contributed by atoms with Crippen LogP contribution in [-0.2, 0) is 4.74 Å². The van der Waals surface area contributed by atoms with Gasteiger partial charge in [0.15, 0.2) is 0 Å². The summed E-state index contributed by atoms with van der Waals surface area (Å²) in [7, 11) is 0. The molecule has 0 aromatic rings. The fourth-order valence-electron chi connectivity index (χ4n) is 2.37. The van der Waals surface area contributed by atoms with Crippen LogP contribution < -0.4 is 0 Å². The molecule has 0 amide bonds. The van der Waals surface area contributed by atoms with Crippen molar-refractivity contribution in [3.05, 3.63) is 0 Å². The number of hydrogen-bond donors (Lipinski definition) is 1. The second-order valence-corrected chi connectivity index (χ2v) is 4.01. The van der Waals surface area contributed by atoms with E-state index in [1.54, 1.807) is 0 Å². The SMILES string of the molecule is CCCC(O)C1(OCC)CCCC1. The van der Waals surface area contributed by atoms with E-state index in [9.17, 15) is 5.11 Å². The highest BCUT2D eigenvalue weighted by molar-refractivity contribution is 4.92. The lowest BCUT2D eigenvalue weighted by atomic mass is 9.91. The van der Waals surface area contributed by atoms with Gasteiger partial charge in [0.25, 0.3) is 0 Å². The molecular weight excluding hydrogens is 164 g/mol. The number of rotatable bonds is 5. The Morgan fingerprint density at radius 3 is 2.38 bits per heavy atom. The zero-order valence-corrected chi connectivity index (χ0v) is 8.88. The van der Waals surface area contributed by atoms with E-state index in [0.717, 1.165) is 32.3 Å². The normalized spacial score (nSPS) is 23.3. The van der Waals surface area contributed by atoms with Gasteiger partial charge in [0, 0.05) is 6.61 Å². The molecule has 1 fully saturated rings. The van der Waals surface area contributed by atoms with Crippen LogP contribution in [0.1, 0.15) is 52.4 Å². The first-order valence-electron chi connectivity index (χ1n) is 5.57. The third-order valence-electron chi connectivity index (χ3n) is 3.05. The standard InChI is InChI=1S/C11H22O2/c1-3-7-10(12)11(13-4-2)8-5-6-9-11/h10,12H,3-9H2,1-2H3. The Morgan fingerprint density at radius 1 is 1.31 bits per heavy atom. The minimum absolute atomic E-state index is 0.190. The molecular formula is C11H22O2. The fraction of sp³-hybridized carbons (Fsp3) is 1.00. The van der Waals surface area contributed by atoms with Gasteiger partial charge in [-0.2, -0.15) is 0 Å². The molecule has 2 heteroatoms. The Kier molecular flexibility index (Phi) is 4.20. The van der Waals surface area contributed by atoms with Gasteiger partial charge in [-0.25, -0.2) is 0 Å². The van der Waals surface area contributed by atoms with Crippen molar-refractivity contribution in [3.8, 4) is 0 Å². The van der Waals surface area contributed by atoms with Crippen molar-refractivity contribution in [1.82, 2.24) is 0 Å². The van der Waals surface area contributed by atoms with Gasteiger partial charge in [-0.05, 0) is 26.2 Å². The fourth-order valence-corrected chi connectivity index (χ4v) is 2.37. The van der Waals surface area contributed by atoms with E-state index in [-0.39, 0.29) is 11.7 Å². The summed E-state index contributed by atoms with van der Waals surface area (Å²) >= 11 is 0. The summed E-state index contributed by atoms with van der Waals surface area (Å²) in [6, 6.07) is 0. The highest BCUT2D eigenvalue weighted by Gasteiger charge is 2.40. The van der Waals surface area contributed by atoms with E-state index in [2.05, 4.69) is 6.92 Å². The summed E-state index contributed by atoms with van der Waals surface area (Å²) in [5.74, 6) is 0. The molecule has 1 saturated carbocycles. The second kappa shape index (κ2) is 4.97. The zero-order valence-electron chi connectivity index (χ0n) is 8.88. The summed E-state index contributed by atoms with van der Waals surface area (Å²) < 4.78 is 5.75. The molecule has 78 valence electrons. The van der Waals surface area contributed by atoms with Gasteiger partial charge >= 0.3 is 0 Å². The number of aliphatic hydroxyl groups is 1. The quantitative estimate of drug-likeness (QED) is 0.715. The van der Waals surface area contributed by atoms with Crippen molar-refractivity contribution < 1.29 is 9.84 Å². The first-order valence-corrected chi connectivity index (χ1v) is 5.57. The van der Waals surface area contributed by atoms with Gasteiger partial charge in [0.2, 0.25) is 0 Å². The van der Waals surface area contributed by atoms with Crippen LogP contribution in [0.5, 0.6) is 0 Å². The highest BCUT2D eigenvalue weighted by Crippen LogP contribution is 2.37. The van der Waals surface area contributed by atoms with E-state index < -0.39 is 0 Å². The largest absolute Gasteiger partial charge is 0.390 e. The second-order valence-electron chi connectivity index (χ2n) is 4.01. The minimum Gasteiger partial charge on any atom is -0.390 e. The maximum atomic E-state index is 10.0. The molecule has 13 heavy (non-hydrogen) atoms. The maximum absolute atomic E-state index is 10.0. The number of aliphatic hydroxyl groups excluding tert-OH is 1. The maximum Gasteiger partial charge on any atom is 0.0939 e. The van der Waals surface area contributed by atoms with Gasteiger partial charge < -0.3 is 9.84 Å². The van der Waals surface area contributed by atoms with Gasteiger partial charge in [-0.3, -0.25) is 0 Å². The average Bonchev–Trinajstić information content (AvgIpc) is 2.55. The van der Waals surface area contributed by atoms with Gasteiger partial charge in [-0.15, -0.1) is 0 Å². The molecule has 0 radical (unpaired) electrons. The molecule has 0 bridgehead atoms. The molecule has 0 aromatic heterocycles. The number of hydrogen-bond acceptors (Lipinski definition) is 2. The highest BCUT2D eigenvalue weighted by atomic mass is 16.5. The third kappa shape index (κ3) is 2.44. The van der Waals surface area contributed by atoms with Crippen LogP contribution in [0.25, 0.3) is 0 Å². The summed E-state index contributed by atoms with van der Waals surface area (Å²) in [5, 5.41) is 10.0. The van der Waals surface area contributed by atoms with E-state index in [0.29, 0.717) is 0 Å². The Bertz CT molecular complexity index is 139. The molecule has 0 saturated heterocycles. The third-order valence-corrected chi connectivity index (χ3v) is 3.05. The molecule has 1 N–H and O–H groups in total. The van der Waals surface area contributed by atoms with Gasteiger partial charge in [-0.1, -0.05) is 26.2 Å². The van der Waals surface area contributed by atoms with Crippen LogP contribution in [-0.4, -0.2) is 23.4 Å². The Morgan fingerprint density at radius 2 is 1.92 bits per heavy atom. The van der Waals surface area contributed by atoms with Crippen molar-refractivity contribution >= 4 is 0 Å². The van der Waals surface area contributed by atoms with Gasteiger partial charge in [0.1, 0.15) is 0 Å². The first-order chi connectivity index (χ1) is 6.25. The van der Waals surface area contributed by atoms with Crippen LogP contribution in [0.15, 0.2) is 0 Å². The molecule has 0 aromatic carbocycles. The van der Waals surface area contributed by atoms with Gasteiger partial charge in [0.05, 0.1) is 11.7 Å². The predicted octanol–water partition coefficient (Wildman–Crippen LogP) is 2.50. The Balaban J connectivity index is 2.54. The lowest BCUT2D eigenvalue weighted by Gasteiger charge is -2.34. The van der Waals surface area contributed by atoms with Crippen LogP contribution >= 0.6 is 0 Å². The van der Waals surface area contributed by atoms with E-state index >= 15 is 0 Å². The molecule has 1 rings (SSSR count). The number of ether oxygens (including phenoxy) is 1. The average molecular weight is 186 g/mol. The Labute approximate surface area is 81.3 Å². The molecule has 2 nitrogen and oxygen atoms in total. The lowest BCUT2D eigenvalue weighted by Crippen LogP contribution is -2.42. The summed E-state index contributed by atoms with van der Waals surface area (Å²) in [5.41, 5.74) is -0.190. The zero-order chi connectivity index (χ0) is 9.73. The van der Waals surface area contributed by atoms with Crippen LogP contribution in [0.2, 0.25) is 0 Å². The molecule has 0 spiro atoms. The van der Waals surface area contributed by atoms with Crippen molar-refractivity contribution in [3.63, 3.8) is 0 Å². The van der Waals surface area contributed by atoms with E-state index in [4.69, 9.17) is 4.74 Å². The van der Waals surface area contributed by atoms with Crippen LogP contribution in [0, 0.1) is 0 Å². The summed E-state index contributed by atoms with van der Waals surface area (Å²) in [4.78, 5) is 0. The first kappa shape index (κ1) is 11.0. The van der Waals surface area contributed by atoms with E-state index in [1.165, 1.54) is 12.8 Å².